The van der Waals surface area contributed by atoms with Crippen LogP contribution in [0, 0.1) is 0 Å². The van der Waals surface area contributed by atoms with Gasteiger partial charge in [0.05, 0.1) is 18.8 Å². The summed E-state index contributed by atoms with van der Waals surface area (Å²) in [7, 11) is 0. The molecule has 42 heavy (non-hydrogen) atoms. The Kier molecular flexibility index (Phi) is 34.4. The van der Waals surface area contributed by atoms with Crippen molar-refractivity contribution in [3.63, 3.8) is 0 Å². The predicted molar refractivity (Wildman–Crippen MR) is 184 cm³/mol. The summed E-state index contributed by atoms with van der Waals surface area (Å²) in [6.07, 6.45) is 40.1. The lowest BCUT2D eigenvalue weighted by molar-refractivity contribution is -0.123. The summed E-state index contributed by atoms with van der Waals surface area (Å²) in [5, 5.41) is 23.1. The average molecular weight is 596 g/mol. The van der Waals surface area contributed by atoms with Gasteiger partial charge in [0.2, 0.25) is 5.91 Å². The largest absolute Gasteiger partial charge is 0.394 e. The Labute approximate surface area is 264 Å². The number of hydrogen-bond donors (Lipinski definition) is 3. The molecule has 0 spiro atoms. The zero-order valence-corrected chi connectivity index (χ0v) is 28.8. The first-order valence-electron chi connectivity index (χ1n) is 19.2. The lowest BCUT2D eigenvalue weighted by Gasteiger charge is -2.22. The van der Waals surface area contributed by atoms with E-state index in [4.69, 9.17) is 0 Å². The smallest absolute Gasteiger partial charge is 0.220 e. The maximum Gasteiger partial charge on any atom is 0.220 e. The van der Waals surface area contributed by atoms with Gasteiger partial charge in [0.1, 0.15) is 0 Å². The van der Waals surface area contributed by atoms with Crippen LogP contribution in [0.3, 0.4) is 0 Å². The molecule has 2 atom stereocenters. The number of unbranched alkanes of at least 4 members (excludes halogenated alkanes) is 28. The highest BCUT2D eigenvalue weighted by molar-refractivity contribution is 5.76. The molecule has 0 rings (SSSR count). The molecule has 252 valence electrons. The van der Waals surface area contributed by atoms with Gasteiger partial charge in [0.25, 0.3) is 0 Å². The van der Waals surface area contributed by atoms with Gasteiger partial charge in [-0.2, -0.15) is 0 Å². The van der Waals surface area contributed by atoms with Crippen LogP contribution >= 0.6 is 0 Å². The van der Waals surface area contributed by atoms with Crippen molar-refractivity contribution in [3.8, 4) is 0 Å². The third kappa shape index (κ3) is 30.8. The molecule has 0 unspecified atom stereocenters. The molecule has 4 nitrogen and oxygen atoms in total. The van der Waals surface area contributed by atoms with Crippen LogP contribution in [0.5, 0.6) is 0 Å². The van der Waals surface area contributed by atoms with Gasteiger partial charge in [-0.3, -0.25) is 4.79 Å². The molecular formula is C38H77NO3. The molecule has 0 fully saturated rings. The third-order valence-electron chi connectivity index (χ3n) is 9.12. The first-order valence-corrected chi connectivity index (χ1v) is 19.2. The molecule has 0 aliphatic carbocycles. The molecule has 1 amide bonds. The number of hydrogen-bond acceptors (Lipinski definition) is 3. The van der Waals surface area contributed by atoms with E-state index in [9.17, 15) is 15.0 Å². The van der Waals surface area contributed by atoms with E-state index >= 15 is 0 Å². The van der Waals surface area contributed by atoms with Crippen molar-refractivity contribution in [1.82, 2.24) is 5.32 Å². The number of nitrogens with one attached hydrogen (secondary N) is 1. The zero-order chi connectivity index (χ0) is 30.8. The van der Waals surface area contributed by atoms with Crippen LogP contribution in [-0.4, -0.2) is 34.9 Å². The van der Waals surface area contributed by atoms with Crippen LogP contribution < -0.4 is 5.32 Å². The molecule has 0 aromatic rings. The molecule has 3 N–H and O–H groups in total. The number of carbonyl (C=O) groups excluding carboxylic acids is 1. The van der Waals surface area contributed by atoms with Gasteiger partial charge in [-0.25, -0.2) is 0 Å². The van der Waals surface area contributed by atoms with Gasteiger partial charge in [0, 0.05) is 6.42 Å². The van der Waals surface area contributed by atoms with Crippen molar-refractivity contribution >= 4 is 5.91 Å². The van der Waals surface area contributed by atoms with Gasteiger partial charge in [-0.05, 0) is 12.8 Å². The number of aliphatic hydroxyl groups is 2. The average Bonchev–Trinajstić information content (AvgIpc) is 2.99. The van der Waals surface area contributed by atoms with Crippen molar-refractivity contribution < 1.29 is 15.0 Å². The molecule has 0 aromatic carbocycles. The van der Waals surface area contributed by atoms with Gasteiger partial charge in [-0.15, -0.1) is 0 Å². The highest BCUT2D eigenvalue weighted by atomic mass is 16.3. The van der Waals surface area contributed by atoms with Crippen LogP contribution in [0.2, 0.25) is 0 Å². The summed E-state index contributed by atoms with van der Waals surface area (Å²) in [6.45, 7) is 4.36. The lowest BCUT2D eigenvalue weighted by atomic mass is 10.0. The minimum atomic E-state index is -0.651. The van der Waals surface area contributed by atoms with E-state index < -0.39 is 12.1 Å². The lowest BCUT2D eigenvalue weighted by Crippen LogP contribution is -2.45. The molecule has 0 bridgehead atoms. The molecule has 0 saturated carbocycles. The second-order valence-electron chi connectivity index (χ2n) is 13.4. The molecule has 4 heteroatoms. The Bertz CT molecular complexity index is 526. The Hall–Kier alpha value is -0.610. The van der Waals surface area contributed by atoms with Crippen molar-refractivity contribution in [1.29, 1.82) is 0 Å². The van der Waals surface area contributed by atoms with E-state index in [1.165, 1.54) is 167 Å². The SMILES string of the molecule is CCCCCCCCCCCCCCCCCCCC(=O)N[C@@H](CO)[C@H](O)CCCCCCCCCCCCCCC. The minimum Gasteiger partial charge on any atom is -0.394 e. The van der Waals surface area contributed by atoms with E-state index in [1.54, 1.807) is 0 Å². The van der Waals surface area contributed by atoms with Gasteiger partial charge < -0.3 is 15.5 Å². The summed E-state index contributed by atoms with van der Waals surface area (Å²) < 4.78 is 0. The minimum absolute atomic E-state index is 0.0283. The highest BCUT2D eigenvalue weighted by Gasteiger charge is 2.19. The topological polar surface area (TPSA) is 69.6 Å². The second-order valence-corrected chi connectivity index (χ2v) is 13.4. The zero-order valence-electron chi connectivity index (χ0n) is 28.8. The summed E-state index contributed by atoms with van der Waals surface area (Å²) in [4.78, 5) is 12.3. The maximum atomic E-state index is 12.3. The summed E-state index contributed by atoms with van der Waals surface area (Å²) in [6, 6.07) is -0.527. The Balaban J connectivity index is 3.50. The van der Waals surface area contributed by atoms with Crippen LogP contribution in [0.1, 0.15) is 219 Å². The van der Waals surface area contributed by atoms with E-state index in [0.717, 1.165) is 25.7 Å². The highest BCUT2D eigenvalue weighted by Crippen LogP contribution is 2.16. The van der Waals surface area contributed by atoms with Crippen LogP contribution in [0.15, 0.2) is 0 Å². The fraction of sp³-hybridized carbons (Fsp3) is 0.974. The van der Waals surface area contributed by atoms with Gasteiger partial charge in [-0.1, -0.05) is 200 Å². The van der Waals surface area contributed by atoms with Crippen LogP contribution in [-0.2, 0) is 4.79 Å². The number of aliphatic hydroxyl groups excluding tert-OH is 2. The summed E-state index contributed by atoms with van der Waals surface area (Å²) >= 11 is 0. The Morgan fingerprint density at radius 1 is 0.476 bits per heavy atom. The fourth-order valence-electron chi connectivity index (χ4n) is 6.13. The molecular weight excluding hydrogens is 518 g/mol. The van der Waals surface area contributed by atoms with Crippen molar-refractivity contribution in [3.05, 3.63) is 0 Å². The monoisotopic (exact) mass is 596 g/mol. The molecule has 0 aliphatic heterocycles. The Morgan fingerprint density at radius 3 is 1.07 bits per heavy atom. The fourth-order valence-corrected chi connectivity index (χ4v) is 6.13. The predicted octanol–water partition coefficient (Wildman–Crippen LogP) is 11.3. The molecule has 0 heterocycles. The van der Waals surface area contributed by atoms with Crippen molar-refractivity contribution in [2.45, 2.75) is 231 Å². The van der Waals surface area contributed by atoms with Crippen LogP contribution in [0.25, 0.3) is 0 Å². The van der Waals surface area contributed by atoms with Crippen molar-refractivity contribution in [2.24, 2.45) is 0 Å². The third-order valence-corrected chi connectivity index (χ3v) is 9.12. The van der Waals surface area contributed by atoms with E-state index in [1.807, 2.05) is 0 Å². The first-order chi connectivity index (χ1) is 20.7. The number of amides is 1. The Morgan fingerprint density at radius 2 is 0.762 bits per heavy atom. The van der Waals surface area contributed by atoms with E-state index in [0.29, 0.717) is 12.8 Å². The second kappa shape index (κ2) is 34.9. The molecule has 0 saturated heterocycles. The summed E-state index contributed by atoms with van der Waals surface area (Å²) in [5.74, 6) is -0.0283. The number of rotatable bonds is 35. The molecule has 0 radical (unpaired) electrons. The van der Waals surface area contributed by atoms with Gasteiger partial charge >= 0.3 is 0 Å². The maximum absolute atomic E-state index is 12.3. The van der Waals surface area contributed by atoms with Crippen LogP contribution in [0.4, 0.5) is 0 Å². The quantitative estimate of drug-likeness (QED) is 0.0638. The molecule has 0 aliphatic rings. The molecule has 0 aromatic heterocycles. The van der Waals surface area contributed by atoms with E-state index in [2.05, 4.69) is 19.2 Å². The summed E-state index contributed by atoms with van der Waals surface area (Å²) in [5.41, 5.74) is 0. The van der Waals surface area contributed by atoms with Crippen molar-refractivity contribution in [2.75, 3.05) is 6.61 Å². The number of carbonyl (C=O) groups is 1. The first kappa shape index (κ1) is 41.4. The van der Waals surface area contributed by atoms with E-state index in [-0.39, 0.29) is 12.5 Å². The van der Waals surface area contributed by atoms with Gasteiger partial charge in [0.15, 0.2) is 0 Å². The normalized spacial score (nSPS) is 13.0. The standard InChI is InChI=1S/C38H77NO3/c1-3-5-7-9-11-13-15-17-18-19-20-22-24-26-28-30-32-34-38(42)39-36(35-40)37(41)33-31-29-27-25-23-21-16-14-12-10-8-6-4-2/h36-37,40-41H,3-35H2,1-2H3,(H,39,42)/t36-,37+/m0/s1.